The standard InChI is InChI=1S/C52H81N5O12/c1-32-17-13-12-14-18-34(3)44(66-10)28-41-23-21-39(8)52(64,69-41)49(61)50(62)56-24-16-15-19-42(56)51(63)68-45(36(5)25-33(2)20-22-40(30-65-9)57-54-31-53-55-57)29-43(58)35(4)27-38(7)47(60)48(67-11)46(59)37(6)26-32/h12-14,17-18,27,31-33,36-42,44-45,47-48,60,64H,15-16,19-26,28-30H2,1-11H3/b14-12?,17-13?,34-18?,35-27+. The van der Waals surface area contributed by atoms with E-state index >= 15 is 0 Å². The molecule has 2 saturated heterocycles. The van der Waals surface area contributed by atoms with Crippen LogP contribution in [0.2, 0.25) is 0 Å². The van der Waals surface area contributed by atoms with Gasteiger partial charge in [-0.2, -0.15) is 4.80 Å². The van der Waals surface area contributed by atoms with Crippen LogP contribution in [0.25, 0.3) is 0 Å². The second-order valence-electron chi connectivity index (χ2n) is 20.1. The number of amides is 1. The highest BCUT2D eigenvalue weighted by molar-refractivity contribution is 6.39. The maximum Gasteiger partial charge on any atom is 0.329 e. The molecule has 17 nitrogen and oxygen atoms in total. The molecular formula is C52H81N5O12. The highest BCUT2D eigenvalue weighted by atomic mass is 16.6. The fourth-order valence-electron chi connectivity index (χ4n) is 9.98. The molecule has 386 valence electrons. The van der Waals surface area contributed by atoms with Crippen LogP contribution in [0.15, 0.2) is 53.9 Å². The largest absolute Gasteiger partial charge is 0.460 e. The molecule has 3 aliphatic heterocycles. The molecule has 0 radical (unpaired) electrons. The van der Waals surface area contributed by atoms with Crippen molar-refractivity contribution in [3.8, 4) is 0 Å². The molecule has 3 aliphatic rings. The molecule has 1 amide bonds. The number of allylic oxidation sites excluding steroid dienone is 6. The SMILES string of the molecule is COCC(CCC(C)CC(C)C1CC(=O)/C(C)=C/C(C)C(O)C(OC)C(=O)C(C)CC(C)C=CC=CC=C(C)C(OC)CC2CCC(C)C(O)(O2)C(=O)C(=O)N2CCCCC2C(=O)O1)n1ncnn1. The first-order valence-corrected chi connectivity index (χ1v) is 24.9. The number of cyclic esters (lactones) is 1. The van der Waals surface area contributed by atoms with Crippen LogP contribution in [0.4, 0.5) is 0 Å². The molecule has 14 atom stereocenters. The number of piperidine rings is 1. The van der Waals surface area contributed by atoms with Gasteiger partial charge in [-0.1, -0.05) is 78.0 Å². The Morgan fingerprint density at radius 2 is 1.67 bits per heavy atom. The molecule has 0 saturated carbocycles. The monoisotopic (exact) mass is 968 g/mol. The Hall–Kier alpha value is -4.26. The summed E-state index contributed by atoms with van der Waals surface area (Å²) in [6.07, 6.45) is 13.0. The summed E-state index contributed by atoms with van der Waals surface area (Å²) in [7, 11) is 4.57. The van der Waals surface area contributed by atoms with Gasteiger partial charge in [0.05, 0.1) is 31.0 Å². The second kappa shape index (κ2) is 27.4. The lowest BCUT2D eigenvalue weighted by Crippen LogP contribution is -2.61. The van der Waals surface area contributed by atoms with Crippen molar-refractivity contribution in [2.45, 2.75) is 174 Å². The minimum Gasteiger partial charge on any atom is -0.460 e. The maximum atomic E-state index is 14.4. The zero-order chi connectivity index (χ0) is 51.0. The molecule has 2 N–H and O–H groups in total. The number of ketones is 3. The molecule has 69 heavy (non-hydrogen) atoms. The van der Waals surface area contributed by atoms with Crippen molar-refractivity contribution in [3.05, 3.63) is 53.9 Å². The first kappa shape index (κ1) is 57.3. The van der Waals surface area contributed by atoms with E-state index in [0.29, 0.717) is 63.5 Å². The van der Waals surface area contributed by atoms with Crippen molar-refractivity contribution >= 4 is 29.2 Å². The van der Waals surface area contributed by atoms with Crippen molar-refractivity contribution in [2.75, 3.05) is 34.5 Å². The summed E-state index contributed by atoms with van der Waals surface area (Å²) < 4.78 is 29.3. The Labute approximate surface area is 409 Å². The van der Waals surface area contributed by atoms with E-state index in [1.165, 1.54) is 23.1 Å². The van der Waals surface area contributed by atoms with E-state index in [4.69, 9.17) is 23.7 Å². The molecule has 14 unspecified atom stereocenters. The highest BCUT2D eigenvalue weighted by Crippen LogP contribution is 2.37. The summed E-state index contributed by atoms with van der Waals surface area (Å²) in [5.41, 5.74) is 1.19. The van der Waals surface area contributed by atoms with Crippen LogP contribution in [0, 0.1) is 35.5 Å². The molecule has 17 heteroatoms. The zero-order valence-corrected chi connectivity index (χ0v) is 43.0. The normalized spacial score (nSPS) is 33.5. The molecule has 4 heterocycles. The maximum absolute atomic E-state index is 14.4. The van der Waals surface area contributed by atoms with Gasteiger partial charge in [0.2, 0.25) is 5.79 Å². The lowest BCUT2D eigenvalue weighted by Gasteiger charge is -2.42. The number of methoxy groups -OCH3 is 3. The topological polar surface area (TPSA) is 219 Å². The number of tetrazole rings is 1. The number of rotatable bonds is 11. The number of ether oxygens (including phenoxy) is 5. The van der Waals surface area contributed by atoms with Gasteiger partial charge in [-0.15, -0.1) is 10.2 Å². The average Bonchev–Trinajstić information content (AvgIpc) is 3.87. The van der Waals surface area contributed by atoms with Crippen molar-refractivity contribution in [1.29, 1.82) is 0 Å². The van der Waals surface area contributed by atoms with E-state index in [1.807, 2.05) is 58.1 Å². The lowest BCUT2D eigenvalue weighted by atomic mass is 9.85. The lowest BCUT2D eigenvalue weighted by molar-refractivity contribution is -0.265. The van der Waals surface area contributed by atoms with E-state index in [2.05, 4.69) is 22.3 Å². The summed E-state index contributed by atoms with van der Waals surface area (Å²) in [5, 5.41) is 35.6. The van der Waals surface area contributed by atoms with Crippen LogP contribution in [0.1, 0.15) is 132 Å². The Kier molecular flexibility index (Phi) is 22.7. The van der Waals surface area contributed by atoms with Gasteiger partial charge in [-0.3, -0.25) is 19.2 Å². The second-order valence-corrected chi connectivity index (χ2v) is 20.1. The minimum atomic E-state index is -2.43. The fourth-order valence-corrected chi connectivity index (χ4v) is 9.98. The minimum absolute atomic E-state index is 0.0186. The van der Waals surface area contributed by atoms with E-state index < -0.39 is 77.8 Å². The van der Waals surface area contributed by atoms with Gasteiger partial charge in [0.15, 0.2) is 17.9 Å². The third-order valence-electron chi connectivity index (χ3n) is 14.4. The van der Waals surface area contributed by atoms with Gasteiger partial charge >= 0.3 is 5.97 Å². The number of aliphatic hydroxyl groups excluding tert-OH is 1. The predicted octanol–water partition coefficient (Wildman–Crippen LogP) is 6.30. The Balaban J connectivity index is 1.69. The van der Waals surface area contributed by atoms with Gasteiger partial charge < -0.3 is 38.8 Å². The van der Waals surface area contributed by atoms with Gasteiger partial charge in [0.25, 0.3) is 11.7 Å². The molecule has 2 fully saturated rings. The van der Waals surface area contributed by atoms with Crippen LogP contribution < -0.4 is 0 Å². The highest BCUT2D eigenvalue weighted by Gasteiger charge is 2.53. The molecule has 4 rings (SSSR count). The van der Waals surface area contributed by atoms with E-state index in [-0.39, 0.29) is 54.7 Å². The predicted molar refractivity (Wildman–Crippen MR) is 258 cm³/mol. The number of nitrogens with zero attached hydrogens (tertiary/aromatic N) is 5. The third kappa shape index (κ3) is 15.9. The number of carbonyl (C=O) groups excluding carboxylic acids is 5. The molecule has 0 aliphatic carbocycles. The van der Waals surface area contributed by atoms with E-state index in [0.717, 1.165) is 12.0 Å². The van der Waals surface area contributed by atoms with Crippen LogP contribution in [-0.2, 0) is 47.7 Å². The van der Waals surface area contributed by atoms with Crippen LogP contribution >= 0.6 is 0 Å². The van der Waals surface area contributed by atoms with Crippen LogP contribution in [0.5, 0.6) is 0 Å². The van der Waals surface area contributed by atoms with Crippen molar-refractivity contribution in [2.24, 2.45) is 35.5 Å². The van der Waals surface area contributed by atoms with Crippen LogP contribution in [-0.4, -0.2) is 141 Å². The number of aromatic nitrogens is 4. The Morgan fingerprint density at radius 3 is 2.33 bits per heavy atom. The van der Waals surface area contributed by atoms with Gasteiger partial charge in [0, 0.05) is 58.5 Å². The van der Waals surface area contributed by atoms with Crippen molar-refractivity contribution in [1.82, 2.24) is 25.1 Å². The summed E-state index contributed by atoms with van der Waals surface area (Å²) in [6.45, 7) is 15.2. The summed E-state index contributed by atoms with van der Waals surface area (Å²) >= 11 is 0. The fraction of sp³-hybridized carbons (Fsp3) is 0.731. The van der Waals surface area contributed by atoms with Crippen molar-refractivity contribution in [3.63, 3.8) is 0 Å². The number of fused-ring (bicyclic) bond motifs is 3. The Bertz CT molecular complexity index is 1970. The number of carbonyl (C=O) groups is 5. The van der Waals surface area contributed by atoms with E-state index in [9.17, 15) is 34.2 Å². The number of Topliss-reactive ketones (excluding diaryl/α,β-unsaturated/α-hetero) is 3. The van der Waals surface area contributed by atoms with Crippen molar-refractivity contribution < 1.29 is 57.9 Å². The molecule has 1 aromatic rings. The quantitative estimate of drug-likeness (QED) is 0.184. The molecule has 2 bridgehead atoms. The molecule has 0 aromatic carbocycles. The van der Waals surface area contributed by atoms with Crippen LogP contribution in [0.3, 0.4) is 0 Å². The third-order valence-corrected chi connectivity index (χ3v) is 14.4. The summed E-state index contributed by atoms with van der Waals surface area (Å²) in [4.78, 5) is 73.6. The summed E-state index contributed by atoms with van der Waals surface area (Å²) in [6, 6.07) is -1.30. The number of aliphatic hydroxyl groups is 2. The van der Waals surface area contributed by atoms with Gasteiger partial charge in [-0.05, 0) is 106 Å². The molecular weight excluding hydrogens is 887 g/mol. The van der Waals surface area contributed by atoms with Gasteiger partial charge in [0.1, 0.15) is 18.2 Å². The smallest absolute Gasteiger partial charge is 0.329 e. The summed E-state index contributed by atoms with van der Waals surface area (Å²) in [5.74, 6) is -7.98. The zero-order valence-electron chi connectivity index (χ0n) is 43.0. The Morgan fingerprint density at radius 1 is 0.928 bits per heavy atom. The van der Waals surface area contributed by atoms with E-state index in [1.54, 1.807) is 41.1 Å². The van der Waals surface area contributed by atoms with Gasteiger partial charge in [-0.25, -0.2) is 4.79 Å². The number of hydrogen-bond donors (Lipinski definition) is 2. The molecule has 1 aromatic heterocycles. The number of hydrogen-bond acceptors (Lipinski definition) is 15. The molecule has 0 spiro atoms. The first-order chi connectivity index (χ1) is 32.7. The first-order valence-electron chi connectivity index (χ1n) is 24.9. The average molecular weight is 968 g/mol. The number of esters is 1.